The van der Waals surface area contributed by atoms with E-state index in [-0.39, 0.29) is 23.7 Å². The number of anilines is 1. The Bertz CT molecular complexity index is 568. The largest absolute Gasteiger partial charge is 0.274 e. The van der Waals surface area contributed by atoms with Crippen LogP contribution in [0.3, 0.4) is 0 Å². The fraction of sp³-hybridized carbons (Fsp3) is 0.600. The highest BCUT2D eigenvalue weighted by molar-refractivity contribution is 6.22. The molecule has 1 aromatic carbocycles. The summed E-state index contributed by atoms with van der Waals surface area (Å²) in [5.74, 6) is 0.516. The van der Waals surface area contributed by atoms with E-state index in [2.05, 4.69) is 6.92 Å². The van der Waals surface area contributed by atoms with Gasteiger partial charge in [0.15, 0.2) is 0 Å². The van der Waals surface area contributed by atoms with Gasteiger partial charge in [0, 0.05) is 5.92 Å². The van der Waals surface area contributed by atoms with Crippen molar-refractivity contribution in [2.24, 2.45) is 23.7 Å². The molecule has 0 spiro atoms. The monoisotopic (exact) mass is 313 g/mol. The second kappa shape index (κ2) is 6.86. The highest BCUT2D eigenvalue weighted by atomic mass is 16.2. The van der Waals surface area contributed by atoms with Gasteiger partial charge < -0.3 is 0 Å². The Labute approximate surface area is 139 Å². The molecule has 0 aromatic heterocycles. The van der Waals surface area contributed by atoms with Gasteiger partial charge in [0.05, 0.1) is 11.6 Å². The zero-order valence-electron chi connectivity index (χ0n) is 14.2. The summed E-state index contributed by atoms with van der Waals surface area (Å²) in [5, 5.41) is 0. The predicted octanol–water partition coefficient (Wildman–Crippen LogP) is 4.42. The van der Waals surface area contributed by atoms with Gasteiger partial charge >= 0.3 is 0 Å². The van der Waals surface area contributed by atoms with E-state index >= 15 is 0 Å². The summed E-state index contributed by atoms with van der Waals surface area (Å²) in [7, 11) is 0. The molecule has 0 bridgehead atoms. The number of imide groups is 1. The lowest BCUT2D eigenvalue weighted by Crippen LogP contribution is -2.34. The maximum Gasteiger partial charge on any atom is 0.237 e. The molecule has 23 heavy (non-hydrogen) atoms. The highest BCUT2D eigenvalue weighted by Crippen LogP contribution is 2.42. The summed E-state index contributed by atoms with van der Waals surface area (Å²) in [5.41, 5.74) is 0.718. The number of hydrogen-bond donors (Lipinski definition) is 0. The van der Waals surface area contributed by atoms with Crippen LogP contribution in [0.2, 0.25) is 0 Å². The first kappa shape index (κ1) is 16.2. The van der Waals surface area contributed by atoms with E-state index in [1.807, 2.05) is 37.3 Å². The molecule has 2 aliphatic rings. The minimum absolute atomic E-state index is 0.0196. The van der Waals surface area contributed by atoms with Gasteiger partial charge in [0.2, 0.25) is 11.8 Å². The molecule has 1 heterocycles. The molecule has 1 aliphatic heterocycles. The lowest BCUT2D eigenvalue weighted by molar-refractivity contribution is -0.123. The van der Waals surface area contributed by atoms with Crippen molar-refractivity contribution < 1.29 is 9.59 Å². The van der Waals surface area contributed by atoms with Gasteiger partial charge in [-0.3, -0.25) is 14.5 Å². The normalized spacial score (nSPS) is 32.7. The molecule has 2 amide bonds. The Morgan fingerprint density at radius 1 is 0.870 bits per heavy atom. The second-order valence-electron chi connectivity index (χ2n) is 7.29. The fourth-order valence-corrected chi connectivity index (χ4v) is 4.45. The van der Waals surface area contributed by atoms with Crippen LogP contribution in [0.4, 0.5) is 5.69 Å². The topological polar surface area (TPSA) is 37.4 Å². The van der Waals surface area contributed by atoms with Crippen LogP contribution >= 0.6 is 0 Å². The third-order valence-electron chi connectivity index (χ3n) is 5.81. The zero-order chi connectivity index (χ0) is 16.4. The van der Waals surface area contributed by atoms with Gasteiger partial charge in [-0.15, -0.1) is 0 Å². The number of carbonyl (C=O) groups excluding carboxylic acids is 2. The first-order chi connectivity index (χ1) is 11.1. The fourth-order valence-electron chi connectivity index (χ4n) is 4.45. The van der Waals surface area contributed by atoms with Gasteiger partial charge in [-0.2, -0.15) is 0 Å². The maximum absolute atomic E-state index is 13.1. The molecule has 1 saturated carbocycles. The summed E-state index contributed by atoms with van der Waals surface area (Å²) in [6.45, 7) is 4.21. The molecule has 4 atom stereocenters. The molecule has 124 valence electrons. The number of amides is 2. The molecule has 1 saturated heterocycles. The Morgan fingerprint density at radius 3 is 2.22 bits per heavy atom. The SMILES string of the molecule is CC1CCCCCCC1C1C(=O)N(c2ccccc2)C(=O)C1C. The van der Waals surface area contributed by atoms with Crippen LogP contribution in [0, 0.1) is 23.7 Å². The molecule has 3 nitrogen and oxygen atoms in total. The van der Waals surface area contributed by atoms with E-state index in [1.54, 1.807) is 0 Å². The van der Waals surface area contributed by atoms with Crippen molar-refractivity contribution in [3.05, 3.63) is 30.3 Å². The maximum atomic E-state index is 13.1. The molecule has 0 N–H and O–H groups in total. The predicted molar refractivity (Wildman–Crippen MR) is 91.9 cm³/mol. The Hall–Kier alpha value is -1.64. The van der Waals surface area contributed by atoms with Crippen molar-refractivity contribution in [3.63, 3.8) is 0 Å². The van der Waals surface area contributed by atoms with Gasteiger partial charge in [-0.05, 0) is 30.4 Å². The summed E-state index contributed by atoms with van der Waals surface area (Å²) in [6.07, 6.45) is 7.27. The van der Waals surface area contributed by atoms with Crippen LogP contribution in [0.5, 0.6) is 0 Å². The Balaban J connectivity index is 1.87. The molecular formula is C20H27NO2. The average Bonchev–Trinajstić information content (AvgIpc) is 2.75. The molecule has 1 aliphatic carbocycles. The third kappa shape index (κ3) is 3.06. The van der Waals surface area contributed by atoms with Crippen LogP contribution in [0.15, 0.2) is 30.3 Å². The van der Waals surface area contributed by atoms with Crippen LogP contribution in [-0.4, -0.2) is 11.8 Å². The molecule has 0 radical (unpaired) electrons. The van der Waals surface area contributed by atoms with Gasteiger partial charge in [0.25, 0.3) is 0 Å². The number of hydrogen-bond acceptors (Lipinski definition) is 2. The van der Waals surface area contributed by atoms with Crippen LogP contribution in [0.1, 0.15) is 52.4 Å². The number of para-hydroxylation sites is 1. The minimum Gasteiger partial charge on any atom is -0.274 e. The Kier molecular flexibility index (Phi) is 4.84. The van der Waals surface area contributed by atoms with Crippen molar-refractivity contribution in [2.45, 2.75) is 52.4 Å². The van der Waals surface area contributed by atoms with Crippen LogP contribution < -0.4 is 4.90 Å². The van der Waals surface area contributed by atoms with E-state index in [9.17, 15) is 9.59 Å². The number of carbonyl (C=O) groups is 2. The molecule has 1 aromatic rings. The van der Waals surface area contributed by atoms with Crippen molar-refractivity contribution in [3.8, 4) is 0 Å². The van der Waals surface area contributed by atoms with E-state index in [4.69, 9.17) is 0 Å². The number of benzene rings is 1. The van der Waals surface area contributed by atoms with Crippen LogP contribution in [0.25, 0.3) is 0 Å². The third-order valence-corrected chi connectivity index (χ3v) is 5.81. The number of nitrogens with zero attached hydrogens (tertiary/aromatic N) is 1. The van der Waals surface area contributed by atoms with Crippen molar-refractivity contribution in [1.29, 1.82) is 0 Å². The molecule has 3 heteroatoms. The zero-order valence-corrected chi connectivity index (χ0v) is 14.2. The summed E-state index contributed by atoms with van der Waals surface area (Å²) in [6, 6.07) is 9.38. The average molecular weight is 313 g/mol. The second-order valence-corrected chi connectivity index (χ2v) is 7.29. The van der Waals surface area contributed by atoms with Gasteiger partial charge in [0.1, 0.15) is 0 Å². The Morgan fingerprint density at radius 2 is 1.52 bits per heavy atom. The quantitative estimate of drug-likeness (QED) is 0.758. The molecular weight excluding hydrogens is 286 g/mol. The molecule has 2 fully saturated rings. The van der Waals surface area contributed by atoms with Gasteiger partial charge in [-0.25, -0.2) is 0 Å². The van der Waals surface area contributed by atoms with Gasteiger partial charge in [-0.1, -0.05) is 64.2 Å². The minimum atomic E-state index is -0.199. The van der Waals surface area contributed by atoms with E-state index < -0.39 is 0 Å². The van der Waals surface area contributed by atoms with Crippen molar-refractivity contribution >= 4 is 17.5 Å². The summed E-state index contributed by atoms with van der Waals surface area (Å²) < 4.78 is 0. The van der Waals surface area contributed by atoms with Crippen molar-refractivity contribution in [1.82, 2.24) is 0 Å². The summed E-state index contributed by atoms with van der Waals surface area (Å²) in [4.78, 5) is 27.2. The lowest BCUT2D eigenvalue weighted by atomic mass is 9.72. The van der Waals surface area contributed by atoms with Crippen molar-refractivity contribution in [2.75, 3.05) is 4.90 Å². The summed E-state index contributed by atoms with van der Waals surface area (Å²) >= 11 is 0. The van der Waals surface area contributed by atoms with E-state index in [1.165, 1.54) is 37.0 Å². The highest BCUT2D eigenvalue weighted by Gasteiger charge is 2.49. The van der Waals surface area contributed by atoms with E-state index in [0.29, 0.717) is 11.8 Å². The first-order valence-electron chi connectivity index (χ1n) is 9.04. The van der Waals surface area contributed by atoms with E-state index in [0.717, 1.165) is 12.1 Å². The lowest BCUT2D eigenvalue weighted by Gasteiger charge is -2.31. The molecule has 3 rings (SSSR count). The first-order valence-corrected chi connectivity index (χ1v) is 9.04. The molecule has 4 unspecified atom stereocenters. The smallest absolute Gasteiger partial charge is 0.237 e. The number of rotatable bonds is 2. The van der Waals surface area contributed by atoms with Crippen LogP contribution in [-0.2, 0) is 9.59 Å². The standard InChI is InChI=1S/C20H27NO2/c1-14-10-6-3-4-9-13-17(14)18-15(2)19(22)21(20(18)23)16-11-7-5-8-12-16/h5,7-8,11-12,14-15,17-18H,3-4,6,9-10,13H2,1-2H3.